The summed E-state index contributed by atoms with van der Waals surface area (Å²) >= 11 is 0. The van der Waals surface area contributed by atoms with Crippen LogP contribution in [0.3, 0.4) is 0 Å². The molecule has 0 rings (SSSR count). The Bertz CT molecular complexity index is 268. The zero-order chi connectivity index (χ0) is 14.1. The van der Waals surface area contributed by atoms with E-state index in [-0.39, 0.29) is 22.4 Å². The smallest absolute Gasteiger partial charge is 0.146 e. The van der Waals surface area contributed by atoms with Gasteiger partial charge in [0.25, 0.3) is 0 Å². The predicted octanol–water partition coefficient (Wildman–Crippen LogP) is 4.02. The lowest BCUT2D eigenvalue weighted by Crippen LogP contribution is -2.37. The Balaban J connectivity index is 4.78. The highest BCUT2D eigenvalue weighted by Crippen LogP contribution is 2.32. The SMILES string of the molecule is CC(C)(C)CC(=O)C(C)(C)C(=O)CC(C)(C)C. The van der Waals surface area contributed by atoms with E-state index in [4.69, 9.17) is 0 Å². The summed E-state index contributed by atoms with van der Waals surface area (Å²) in [4.78, 5) is 24.4. The Morgan fingerprint density at radius 2 is 0.882 bits per heavy atom. The Kier molecular flexibility index (Phi) is 4.72. The fourth-order valence-corrected chi connectivity index (χ4v) is 1.56. The van der Waals surface area contributed by atoms with Crippen LogP contribution >= 0.6 is 0 Å². The van der Waals surface area contributed by atoms with Crippen molar-refractivity contribution in [1.29, 1.82) is 0 Å². The predicted molar refractivity (Wildman–Crippen MR) is 71.9 cm³/mol. The molecule has 0 unspecified atom stereocenters. The van der Waals surface area contributed by atoms with Gasteiger partial charge in [-0.25, -0.2) is 0 Å². The lowest BCUT2D eigenvalue weighted by Gasteiger charge is -2.29. The maximum atomic E-state index is 12.2. The highest BCUT2D eigenvalue weighted by Gasteiger charge is 2.38. The molecule has 0 fully saturated rings. The molecule has 0 aromatic rings. The molecule has 0 bridgehead atoms. The van der Waals surface area contributed by atoms with E-state index < -0.39 is 5.41 Å². The maximum absolute atomic E-state index is 12.2. The number of carbonyl (C=O) groups excluding carboxylic acids is 2. The summed E-state index contributed by atoms with van der Waals surface area (Å²) in [5.41, 5.74) is -0.965. The van der Waals surface area contributed by atoms with E-state index in [0.29, 0.717) is 12.8 Å². The molecule has 0 atom stereocenters. The second-order valence-corrected chi connectivity index (χ2v) is 7.95. The first kappa shape index (κ1) is 16.3. The Morgan fingerprint density at radius 1 is 0.647 bits per heavy atom. The Hall–Kier alpha value is -0.660. The average molecular weight is 240 g/mol. The van der Waals surface area contributed by atoms with Crippen LogP contribution in [0.15, 0.2) is 0 Å². The topological polar surface area (TPSA) is 34.1 Å². The number of ketones is 2. The van der Waals surface area contributed by atoms with Crippen molar-refractivity contribution in [2.45, 2.75) is 68.2 Å². The van der Waals surface area contributed by atoms with Crippen molar-refractivity contribution in [3.05, 3.63) is 0 Å². The van der Waals surface area contributed by atoms with E-state index in [0.717, 1.165) is 0 Å². The van der Waals surface area contributed by atoms with Crippen molar-refractivity contribution in [3.8, 4) is 0 Å². The normalized spacial score (nSPS) is 13.6. The number of hydrogen-bond acceptors (Lipinski definition) is 2. The Morgan fingerprint density at radius 3 is 1.06 bits per heavy atom. The second-order valence-electron chi connectivity index (χ2n) is 7.95. The second kappa shape index (κ2) is 4.91. The van der Waals surface area contributed by atoms with Crippen LogP contribution in [0, 0.1) is 16.2 Å². The van der Waals surface area contributed by atoms with E-state index >= 15 is 0 Å². The quantitative estimate of drug-likeness (QED) is 0.695. The lowest BCUT2D eigenvalue weighted by atomic mass is 9.73. The van der Waals surface area contributed by atoms with Crippen LogP contribution in [-0.4, -0.2) is 11.6 Å². The van der Waals surface area contributed by atoms with Crippen molar-refractivity contribution < 1.29 is 9.59 Å². The number of Topliss-reactive ketones (excluding diaryl/α,β-unsaturated/α-hetero) is 2. The third-order valence-corrected chi connectivity index (χ3v) is 2.78. The fourth-order valence-electron chi connectivity index (χ4n) is 1.56. The molecule has 0 saturated carbocycles. The number of hydrogen-bond donors (Lipinski definition) is 0. The van der Waals surface area contributed by atoms with Crippen LogP contribution in [0.1, 0.15) is 68.2 Å². The van der Waals surface area contributed by atoms with E-state index in [9.17, 15) is 9.59 Å². The number of rotatable bonds is 4. The molecule has 100 valence electrons. The molecule has 0 aromatic carbocycles. The van der Waals surface area contributed by atoms with E-state index in [1.165, 1.54) is 0 Å². The molecule has 2 nitrogen and oxygen atoms in total. The molecule has 0 heterocycles. The highest BCUT2D eigenvalue weighted by molar-refractivity contribution is 6.06. The van der Waals surface area contributed by atoms with Gasteiger partial charge in [0.15, 0.2) is 0 Å². The van der Waals surface area contributed by atoms with Crippen molar-refractivity contribution in [3.63, 3.8) is 0 Å². The zero-order valence-electron chi connectivity index (χ0n) is 12.7. The minimum absolute atomic E-state index is 0.0549. The molecule has 0 aliphatic carbocycles. The van der Waals surface area contributed by atoms with Crippen molar-refractivity contribution in [2.24, 2.45) is 16.2 Å². The van der Waals surface area contributed by atoms with Crippen molar-refractivity contribution in [1.82, 2.24) is 0 Å². The first-order valence-corrected chi connectivity index (χ1v) is 6.32. The van der Waals surface area contributed by atoms with Gasteiger partial charge >= 0.3 is 0 Å². The van der Waals surface area contributed by atoms with Crippen LogP contribution in [0.5, 0.6) is 0 Å². The summed E-state index contributed by atoms with van der Waals surface area (Å²) < 4.78 is 0. The third-order valence-electron chi connectivity index (χ3n) is 2.78. The molecule has 0 saturated heterocycles. The average Bonchev–Trinajstić information content (AvgIpc) is 1.96. The molecular formula is C15H28O2. The first-order chi connectivity index (χ1) is 7.26. The van der Waals surface area contributed by atoms with Crippen LogP contribution < -0.4 is 0 Å². The molecule has 0 aliphatic heterocycles. The first-order valence-electron chi connectivity index (χ1n) is 6.32. The van der Waals surface area contributed by atoms with Crippen LogP contribution in [0.4, 0.5) is 0 Å². The molecule has 0 aliphatic rings. The Labute approximate surface area is 106 Å². The molecule has 0 aromatic heterocycles. The molecule has 0 spiro atoms. The van der Waals surface area contributed by atoms with Gasteiger partial charge in [-0.15, -0.1) is 0 Å². The molecule has 17 heavy (non-hydrogen) atoms. The van der Waals surface area contributed by atoms with Gasteiger partial charge in [-0.3, -0.25) is 9.59 Å². The summed E-state index contributed by atoms with van der Waals surface area (Å²) in [6.45, 7) is 15.7. The standard InChI is InChI=1S/C15H28O2/c1-13(2,3)9-11(16)15(7,8)12(17)10-14(4,5)6/h9-10H2,1-8H3. The minimum atomic E-state index is -0.847. The van der Waals surface area contributed by atoms with Gasteiger partial charge in [0, 0.05) is 12.8 Å². The summed E-state index contributed by atoms with van der Waals surface area (Å²) in [7, 11) is 0. The maximum Gasteiger partial charge on any atom is 0.146 e. The van der Waals surface area contributed by atoms with E-state index in [1.54, 1.807) is 13.8 Å². The third kappa shape index (κ3) is 5.99. The summed E-state index contributed by atoms with van der Waals surface area (Å²) in [6, 6.07) is 0. The van der Waals surface area contributed by atoms with Gasteiger partial charge < -0.3 is 0 Å². The molecular weight excluding hydrogens is 212 g/mol. The van der Waals surface area contributed by atoms with Crippen molar-refractivity contribution in [2.75, 3.05) is 0 Å². The summed E-state index contributed by atoms with van der Waals surface area (Å²) in [5.74, 6) is 0.110. The molecule has 0 radical (unpaired) electrons. The van der Waals surface area contributed by atoms with Crippen LogP contribution in [-0.2, 0) is 9.59 Å². The molecule has 0 N–H and O–H groups in total. The van der Waals surface area contributed by atoms with Gasteiger partial charge in [0.05, 0.1) is 5.41 Å². The van der Waals surface area contributed by atoms with Crippen molar-refractivity contribution >= 4 is 11.6 Å². The van der Waals surface area contributed by atoms with Gasteiger partial charge in [0.2, 0.25) is 0 Å². The highest BCUT2D eigenvalue weighted by atomic mass is 16.2. The van der Waals surface area contributed by atoms with Gasteiger partial charge in [0.1, 0.15) is 11.6 Å². The van der Waals surface area contributed by atoms with Gasteiger partial charge in [-0.05, 0) is 24.7 Å². The minimum Gasteiger partial charge on any atom is -0.299 e. The van der Waals surface area contributed by atoms with Crippen LogP contribution in [0.2, 0.25) is 0 Å². The summed E-state index contributed by atoms with van der Waals surface area (Å²) in [5, 5.41) is 0. The van der Waals surface area contributed by atoms with Gasteiger partial charge in [-0.1, -0.05) is 41.5 Å². The van der Waals surface area contributed by atoms with Gasteiger partial charge in [-0.2, -0.15) is 0 Å². The molecule has 2 heteroatoms. The monoisotopic (exact) mass is 240 g/mol. The molecule has 0 amide bonds. The fraction of sp³-hybridized carbons (Fsp3) is 0.867. The number of carbonyl (C=O) groups is 2. The lowest BCUT2D eigenvalue weighted by molar-refractivity contribution is -0.140. The summed E-state index contributed by atoms with van der Waals surface area (Å²) in [6.07, 6.45) is 0.908. The van der Waals surface area contributed by atoms with Crippen LogP contribution in [0.25, 0.3) is 0 Å². The van der Waals surface area contributed by atoms with E-state index in [1.807, 2.05) is 41.5 Å². The van der Waals surface area contributed by atoms with E-state index in [2.05, 4.69) is 0 Å². The largest absolute Gasteiger partial charge is 0.299 e. The zero-order valence-corrected chi connectivity index (χ0v) is 12.7.